The van der Waals surface area contributed by atoms with Gasteiger partial charge in [-0.15, -0.1) is 0 Å². The van der Waals surface area contributed by atoms with Crippen LogP contribution < -0.4 is 0 Å². The molecule has 0 rings (SSSR count). The highest BCUT2D eigenvalue weighted by molar-refractivity contribution is 5.69. The van der Waals surface area contributed by atoms with Crippen molar-refractivity contribution in [3.05, 3.63) is 48.6 Å². The molecule has 248 valence electrons. The summed E-state index contributed by atoms with van der Waals surface area (Å²) in [4.78, 5) is 23.8. The third kappa shape index (κ3) is 34.2. The molecule has 5 nitrogen and oxygen atoms in total. The lowest BCUT2D eigenvalue weighted by atomic mass is 10.0. The van der Waals surface area contributed by atoms with Crippen LogP contribution in [0.2, 0.25) is 0 Å². The van der Waals surface area contributed by atoms with Crippen LogP contribution in [-0.2, 0) is 19.1 Å². The van der Waals surface area contributed by atoms with E-state index in [2.05, 4.69) is 62.5 Å². The Labute approximate surface area is 265 Å². The summed E-state index contributed by atoms with van der Waals surface area (Å²) in [5.41, 5.74) is 0. The number of ether oxygens (including phenoxy) is 2. The molecule has 0 aromatic carbocycles. The summed E-state index contributed by atoms with van der Waals surface area (Å²) in [5, 5.41) is 9.96. The minimum Gasteiger partial charge on any atom is -0.463 e. The van der Waals surface area contributed by atoms with Gasteiger partial charge in [-0.3, -0.25) is 9.59 Å². The van der Waals surface area contributed by atoms with Crippen LogP contribution in [0.25, 0.3) is 0 Å². The highest BCUT2D eigenvalue weighted by Crippen LogP contribution is 2.13. The van der Waals surface area contributed by atoms with E-state index in [4.69, 9.17) is 9.47 Å². The summed E-state index contributed by atoms with van der Waals surface area (Å²) in [6.07, 6.45) is 41.6. The summed E-state index contributed by atoms with van der Waals surface area (Å²) in [6.45, 7) is 4.21. The van der Waals surface area contributed by atoms with Gasteiger partial charge in [-0.2, -0.15) is 0 Å². The Morgan fingerprint density at radius 1 is 0.488 bits per heavy atom. The molecular weight excluding hydrogens is 536 g/mol. The second-order valence-electron chi connectivity index (χ2n) is 11.6. The van der Waals surface area contributed by atoms with Crippen LogP contribution in [0.3, 0.4) is 0 Å². The van der Waals surface area contributed by atoms with Gasteiger partial charge in [-0.05, 0) is 51.4 Å². The Hall–Kier alpha value is -2.14. The molecule has 0 aromatic rings. The minimum absolute atomic E-state index is 0.132. The van der Waals surface area contributed by atoms with Gasteiger partial charge < -0.3 is 14.6 Å². The van der Waals surface area contributed by atoms with E-state index in [1.165, 1.54) is 83.5 Å². The molecule has 1 atom stereocenters. The fourth-order valence-electron chi connectivity index (χ4n) is 4.61. The molecule has 0 bridgehead atoms. The molecule has 1 N–H and O–H groups in total. The maximum Gasteiger partial charge on any atom is 0.305 e. The Morgan fingerprint density at radius 2 is 0.837 bits per heavy atom. The van der Waals surface area contributed by atoms with Gasteiger partial charge in [0.15, 0.2) is 0 Å². The molecule has 0 radical (unpaired) electrons. The highest BCUT2D eigenvalue weighted by Gasteiger charge is 2.11. The van der Waals surface area contributed by atoms with Crippen LogP contribution in [0.5, 0.6) is 0 Å². The van der Waals surface area contributed by atoms with Crippen molar-refractivity contribution < 1.29 is 24.2 Å². The number of aliphatic hydroxyl groups is 1. The zero-order valence-electron chi connectivity index (χ0n) is 28.0. The lowest BCUT2D eigenvalue weighted by molar-refractivity contribution is -0.152. The molecule has 0 spiro atoms. The number of carbonyl (C=O) groups is 2. The zero-order valence-corrected chi connectivity index (χ0v) is 28.0. The van der Waals surface area contributed by atoms with Crippen molar-refractivity contribution in [2.45, 2.75) is 168 Å². The van der Waals surface area contributed by atoms with Crippen molar-refractivity contribution in [3.63, 3.8) is 0 Å². The summed E-state index contributed by atoms with van der Waals surface area (Å²) < 4.78 is 10.2. The number of rotatable bonds is 31. The number of allylic oxidation sites excluding steroid dienone is 8. The van der Waals surface area contributed by atoms with Crippen molar-refractivity contribution in [1.29, 1.82) is 0 Å². The second kappa shape index (κ2) is 34.4. The van der Waals surface area contributed by atoms with Crippen molar-refractivity contribution >= 4 is 11.9 Å². The molecule has 0 aromatic heterocycles. The maximum atomic E-state index is 11.9. The molecule has 0 aliphatic heterocycles. The van der Waals surface area contributed by atoms with Crippen LogP contribution >= 0.6 is 0 Å². The smallest absolute Gasteiger partial charge is 0.305 e. The van der Waals surface area contributed by atoms with Crippen molar-refractivity contribution in [2.75, 3.05) is 13.2 Å². The van der Waals surface area contributed by atoms with Crippen molar-refractivity contribution in [1.82, 2.24) is 0 Å². The van der Waals surface area contributed by atoms with E-state index >= 15 is 0 Å². The van der Waals surface area contributed by atoms with Gasteiger partial charge in [0.05, 0.1) is 0 Å². The number of esters is 2. The number of aliphatic hydroxyl groups excluding tert-OH is 1. The molecule has 0 aliphatic rings. The topological polar surface area (TPSA) is 72.8 Å². The average Bonchev–Trinajstić information content (AvgIpc) is 3.01. The first kappa shape index (κ1) is 40.9. The largest absolute Gasteiger partial charge is 0.463 e. The van der Waals surface area contributed by atoms with E-state index in [0.717, 1.165) is 44.9 Å². The van der Waals surface area contributed by atoms with Gasteiger partial charge >= 0.3 is 11.9 Å². The van der Waals surface area contributed by atoms with Gasteiger partial charge in [0.25, 0.3) is 0 Å². The molecule has 0 aliphatic carbocycles. The quantitative estimate of drug-likeness (QED) is 0.0485. The molecule has 43 heavy (non-hydrogen) atoms. The number of carbonyl (C=O) groups excluding carboxylic acids is 2. The summed E-state index contributed by atoms with van der Waals surface area (Å²) in [5.74, 6) is -0.630. The van der Waals surface area contributed by atoms with Crippen LogP contribution in [0.1, 0.15) is 162 Å². The number of hydrogen-bond donors (Lipinski definition) is 1. The first-order chi connectivity index (χ1) is 21.1. The first-order valence-electron chi connectivity index (χ1n) is 17.7. The molecular formula is C38H66O5. The standard InChI is InChI=1S/C38H66O5/c1-3-5-7-9-11-13-15-17-18-19-20-21-23-25-27-29-31-33-38(41)43-35-36(39)34-42-37(40)32-30-28-26-24-22-16-14-12-10-8-6-4-2/h11,13,17-18,20-21,25,27,36,39H,3-10,12,14-16,19,22-24,26,28-35H2,1-2H3/b13-11-,18-17-,21-20-,27-25-/t36-/m1/s1. The van der Waals surface area contributed by atoms with Crippen LogP contribution in [0.15, 0.2) is 48.6 Å². The normalized spacial score (nSPS) is 12.7. The Morgan fingerprint density at radius 3 is 1.30 bits per heavy atom. The molecule has 0 saturated heterocycles. The van der Waals surface area contributed by atoms with Gasteiger partial charge in [0.1, 0.15) is 19.3 Å². The lowest BCUT2D eigenvalue weighted by Gasteiger charge is -2.12. The van der Waals surface area contributed by atoms with E-state index in [9.17, 15) is 14.7 Å². The van der Waals surface area contributed by atoms with E-state index in [0.29, 0.717) is 19.3 Å². The van der Waals surface area contributed by atoms with Crippen LogP contribution in [0, 0.1) is 0 Å². The third-order valence-electron chi connectivity index (χ3n) is 7.32. The molecule has 5 heteroatoms. The van der Waals surface area contributed by atoms with Crippen LogP contribution in [-0.4, -0.2) is 36.4 Å². The first-order valence-corrected chi connectivity index (χ1v) is 17.7. The van der Waals surface area contributed by atoms with Crippen molar-refractivity contribution in [3.8, 4) is 0 Å². The van der Waals surface area contributed by atoms with E-state index < -0.39 is 6.10 Å². The van der Waals surface area contributed by atoms with Gasteiger partial charge in [0.2, 0.25) is 0 Å². The van der Waals surface area contributed by atoms with Gasteiger partial charge in [0, 0.05) is 12.8 Å². The van der Waals surface area contributed by atoms with E-state index in [1.807, 2.05) is 0 Å². The predicted molar refractivity (Wildman–Crippen MR) is 182 cm³/mol. The molecule has 0 amide bonds. The Bertz CT molecular complexity index is 737. The number of unbranched alkanes of at least 4 members (excludes halogenated alkanes) is 15. The second-order valence-corrected chi connectivity index (χ2v) is 11.6. The molecule has 0 heterocycles. The average molecular weight is 603 g/mol. The SMILES string of the molecule is CCCCC/C=C\C/C=C\C/C=C\C/C=C\CCCC(=O)OC[C@H](O)COC(=O)CCCCCCCCCCCCCC. The maximum absolute atomic E-state index is 11.9. The van der Waals surface area contributed by atoms with E-state index in [-0.39, 0.29) is 25.2 Å². The predicted octanol–water partition coefficient (Wildman–Crippen LogP) is 10.7. The third-order valence-corrected chi connectivity index (χ3v) is 7.32. The fraction of sp³-hybridized carbons (Fsp3) is 0.737. The minimum atomic E-state index is -0.983. The molecule has 0 saturated carbocycles. The van der Waals surface area contributed by atoms with E-state index in [1.54, 1.807) is 0 Å². The van der Waals surface area contributed by atoms with Crippen molar-refractivity contribution in [2.24, 2.45) is 0 Å². The van der Waals surface area contributed by atoms with Gasteiger partial charge in [-0.1, -0.05) is 146 Å². The summed E-state index contributed by atoms with van der Waals surface area (Å²) in [7, 11) is 0. The summed E-state index contributed by atoms with van der Waals surface area (Å²) in [6, 6.07) is 0. The lowest BCUT2D eigenvalue weighted by Crippen LogP contribution is -2.25. The Balaban J connectivity index is 3.56. The molecule has 0 fully saturated rings. The molecule has 0 unspecified atom stereocenters. The monoisotopic (exact) mass is 602 g/mol. The summed E-state index contributed by atoms with van der Waals surface area (Å²) >= 11 is 0. The van der Waals surface area contributed by atoms with Gasteiger partial charge in [-0.25, -0.2) is 0 Å². The van der Waals surface area contributed by atoms with Crippen LogP contribution in [0.4, 0.5) is 0 Å². The highest BCUT2D eigenvalue weighted by atomic mass is 16.6. The zero-order chi connectivity index (χ0) is 31.5. The number of hydrogen-bond acceptors (Lipinski definition) is 5. The Kier molecular flexibility index (Phi) is 32.6. The fourth-order valence-corrected chi connectivity index (χ4v) is 4.61.